The van der Waals surface area contributed by atoms with E-state index < -0.39 is 0 Å². The Morgan fingerprint density at radius 1 is 1.50 bits per heavy atom. The third-order valence-corrected chi connectivity index (χ3v) is 1.60. The zero-order valence-corrected chi connectivity index (χ0v) is 7.12. The number of nitrogens with two attached hydrogens (primary N) is 1. The van der Waals surface area contributed by atoms with E-state index in [1.165, 1.54) is 0 Å². The highest BCUT2D eigenvalue weighted by Gasteiger charge is 1.99. The van der Waals surface area contributed by atoms with E-state index in [2.05, 4.69) is 11.7 Å². The number of benzene rings is 1. The molecule has 0 aliphatic rings. The minimum absolute atomic E-state index is 0.667. The first kappa shape index (κ1) is 8.53. The highest BCUT2D eigenvalue weighted by Crippen LogP contribution is 2.26. The van der Waals surface area contributed by atoms with Crippen molar-refractivity contribution in [2.45, 2.75) is 6.92 Å². The maximum Gasteiger partial charge on any atom is 0.0923 e. The van der Waals surface area contributed by atoms with Crippen LogP contribution in [0.5, 0.6) is 0 Å². The van der Waals surface area contributed by atoms with Gasteiger partial charge in [0.15, 0.2) is 0 Å². The number of nitrogen functional groups attached to an aromatic ring is 1. The predicted molar refractivity (Wildman–Crippen MR) is 54.8 cm³/mol. The molecule has 0 fully saturated rings. The highest BCUT2D eigenvalue weighted by molar-refractivity contribution is 5.76. The number of allylic oxidation sites excluding steroid dienone is 1. The lowest BCUT2D eigenvalue weighted by Crippen LogP contribution is -1.86. The Bertz CT molecular complexity index is 314. The number of hydrogen-bond acceptors (Lipinski definition) is 2. The molecule has 0 saturated carbocycles. The molecule has 1 aromatic rings. The average molecular weight is 160 g/mol. The lowest BCUT2D eigenvalue weighted by Gasteiger charge is -2.02. The van der Waals surface area contributed by atoms with Gasteiger partial charge in [0.05, 0.1) is 11.4 Å². The Kier molecular flexibility index (Phi) is 2.64. The normalized spacial score (nSPS) is 10.4. The second-order valence-corrected chi connectivity index (χ2v) is 2.44. The molecule has 0 aromatic heterocycles. The zero-order chi connectivity index (χ0) is 8.97. The van der Waals surface area contributed by atoms with Gasteiger partial charge in [-0.2, -0.15) is 0 Å². The van der Waals surface area contributed by atoms with Gasteiger partial charge >= 0.3 is 0 Å². The van der Waals surface area contributed by atoms with Gasteiger partial charge in [0.1, 0.15) is 0 Å². The summed E-state index contributed by atoms with van der Waals surface area (Å²) in [6.45, 7) is 5.43. The van der Waals surface area contributed by atoms with E-state index in [0.717, 1.165) is 11.3 Å². The molecule has 0 aliphatic carbocycles. The second kappa shape index (κ2) is 3.72. The van der Waals surface area contributed by atoms with E-state index in [1.807, 2.05) is 37.3 Å². The summed E-state index contributed by atoms with van der Waals surface area (Å²) in [4.78, 5) is 3.86. The molecule has 2 nitrogen and oxygen atoms in total. The maximum atomic E-state index is 5.69. The minimum atomic E-state index is 0.667. The summed E-state index contributed by atoms with van der Waals surface area (Å²) < 4.78 is 0. The van der Waals surface area contributed by atoms with Crippen molar-refractivity contribution in [2.24, 2.45) is 4.99 Å². The smallest absolute Gasteiger partial charge is 0.0923 e. The van der Waals surface area contributed by atoms with Crippen molar-refractivity contribution in [2.75, 3.05) is 5.73 Å². The first-order valence-corrected chi connectivity index (χ1v) is 3.77. The third kappa shape index (κ3) is 1.53. The van der Waals surface area contributed by atoms with E-state index in [1.54, 1.807) is 0 Å². The van der Waals surface area contributed by atoms with Gasteiger partial charge in [-0.25, -0.2) is 0 Å². The molecule has 0 bridgehead atoms. The summed E-state index contributed by atoms with van der Waals surface area (Å²) in [5.74, 6) is 0. The topological polar surface area (TPSA) is 38.4 Å². The van der Waals surface area contributed by atoms with Crippen LogP contribution in [0.2, 0.25) is 0 Å². The molecule has 0 spiro atoms. The quantitative estimate of drug-likeness (QED) is 0.524. The summed E-state index contributed by atoms with van der Waals surface area (Å²) in [5.41, 5.74) is 8.13. The summed E-state index contributed by atoms with van der Waals surface area (Å²) in [6, 6.07) is 5.68. The van der Waals surface area contributed by atoms with Crippen molar-refractivity contribution in [1.82, 2.24) is 0 Å². The largest absolute Gasteiger partial charge is 0.397 e. The minimum Gasteiger partial charge on any atom is -0.397 e. The Hall–Kier alpha value is -1.57. The molecule has 0 saturated heterocycles. The van der Waals surface area contributed by atoms with Crippen LogP contribution in [0.25, 0.3) is 6.08 Å². The Morgan fingerprint density at radius 3 is 2.83 bits per heavy atom. The van der Waals surface area contributed by atoms with Gasteiger partial charge in [-0.15, -0.1) is 0 Å². The Labute approximate surface area is 72.4 Å². The van der Waals surface area contributed by atoms with Crippen molar-refractivity contribution >= 4 is 24.2 Å². The molecular weight excluding hydrogens is 148 g/mol. The predicted octanol–water partition coefficient (Wildman–Crippen LogP) is 2.63. The standard InChI is InChI=1S/C10H12N2/c1-3-5-8-6-4-7-9(11)10(8)12-2/h3-7H,2,11H2,1H3/b5-3-. The summed E-state index contributed by atoms with van der Waals surface area (Å²) in [6.07, 6.45) is 3.91. The van der Waals surface area contributed by atoms with Gasteiger partial charge in [0.2, 0.25) is 0 Å². The molecule has 1 aromatic carbocycles. The molecule has 12 heavy (non-hydrogen) atoms. The Balaban J connectivity index is 3.27. The molecule has 2 N–H and O–H groups in total. The second-order valence-electron chi connectivity index (χ2n) is 2.44. The van der Waals surface area contributed by atoms with Crippen molar-refractivity contribution in [1.29, 1.82) is 0 Å². The van der Waals surface area contributed by atoms with Gasteiger partial charge in [0.25, 0.3) is 0 Å². The lowest BCUT2D eigenvalue weighted by molar-refractivity contribution is 1.52. The van der Waals surface area contributed by atoms with Crippen molar-refractivity contribution in [3.05, 3.63) is 29.8 Å². The first-order valence-electron chi connectivity index (χ1n) is 3.77. The fourth-order valence-corrected chi connectivity index (χ4v) is 1.08. The molecule has 0 radical (unpaired) electrons. The fraction of sp³-hybridized carbons (Fsp3) is 0.100. The van der Waals surface area contributed by atoms with Gasteiger partial charge in [-0.05, 0) is 19.7 Å². The van der Waals surface area contributed by atoms with Crippen LogP contribution in [0.4, 0.5) is 11.4 Å². The van der Waals surface area contributed by atoms with Crippen LogP contribution in [0.1, 0.15) is 12.5 Å². The molecule has 0 heterocycles. The van der Waals surface area contributed by atoms with Crippen LogP contribution in [-0.2, 0) is 0 Å². The molecule has 0 unspecified atom stereocenters. The monoisotopic (exact) mass is 160 g/mol. The zero-order valence-electron chi connectivity index (χ0n) is 7.12. The third-order valence-electron chi connectivity index (χ3n) is 1.60. The SMILES string of the molecule is C=Nc1c(N)cccc1/C=C\C. The number of anilines is 1. The first-order chi connectivity index (χ1) is 5.79. The van der Waals surface area contributed by atoms with E-state index in [-0.39, 0.29) is 0 Å². The molecule has 62 valence electrons. The van der Waals surface area contributed by atoms with E-state index in [4.69, 9.17) is 5.73 Å². The van der Waals surface area contributed by atoms with Crippen LogP contribution in [-0.4, -0.2) is 6.72 Å². The van der Waals surface area contributed by atoms with Crippen LogP contribution < -0.4 is 5.73 Å². The van der Waals surface area contributed by atoms with Crippen molar-refractivity contribution in [3.8, 4) is 0 Å². The van der Waals surface area contributed by atoms with Gasteiger partial charge in [-0.1, -0.05) is 24.3 Å². The van der Waals surface area contributed by atoms with Gasteiger partial charge in [0, 0.05) is 5.56 Å². The molecule has 2 heteroatoms. The number of nitrogens with zero attached hydrogens (tertiary/aromatic N) is 1. The van der Waals surface area contributed by atoms with Gasteiger partial charge < -0.3 is 5.73 Å². The lowest BCUT2D eigenvalue weighted by atomic mass is 10.1. The van der Waals surface area contributed by atoms with Crippen LogP contribution >= 0.6 is 0 Å². The molecule has 1 rings (SSSR count). The van der Waals surface area contributed by atoms with Crippen LogP contribution in [0, 0.1) is 0 Å². The fourth-order valence-electron chi connectivity index (χ4n) is 1.08. The number of aliphatic imine (C=N–C) groups is 1. The molecule has 0 amide bonds. The molecule has 0 atom stereocenters. The van der Waals surface area contributed by atoms with Crippen molar-refractivity contribution < 1.29 is 0 Å². The molecule has 0 aliphatic heterocycles. The summed E-state index contributed by atoms with van der Waals surface area (Å²) in [7, 11) is 0. The maximum absolute atomic E-state index is 5.69. The summed E-state index contributed by atoms with van der Waals surface area (Å²) in [5, 5.41) is 0. The summed E-state index contributed by atoms with van der Waals surface area (Å²) >= 11 is 0. The highest BCUT2D eigenvalue weighted by atomic mass is 14.7. The molecular formula is C10H12N2. The Morgan fingerprint density at radius 2 is 2.25 bits per heavy atom. The number of hydrogen-bond donors (Lipinski definition) is 1. The van der Waals surface area contributed by atoms with E-state index in [9.17, 15) is 0 Å². The van der Waals surface area contributed by atoms with Crippen molar-refractivity contribution in [3.63, 3.8) is 0 Å². The van der Waals surface area contributed by atoms with Crippen LogP contribution in [0.15, 0.2) is 29.3 Å². The number of rotatable bonds is 2. The van der Waals surface area contributed by atoms with E-state index >= 15 is 0 Å². The number of para-hydroxylation sites is 1. The van der Waals surface area contributed by atoms with Crippen LogP contribution in [0.3, 0.4) is 0 Å². The van der Waals surface area contributed by atoms with Gasteiger partial charge in [-0.3, -0.25) is 4.99 Å². The van der Waals surface area contributed by atoms with E-state index in [0.29, 0.717) is 5.69 Å². The average Bonchev–Trinajstić information content (AvgIpc) is 2.05.